The molecule has 0 saturated heterocycles. The normalized spacial score (nSPS) is 10.6. The number of tetrazole rings is 1. The predicted octanol–water partition coefficient (Wildman–Crippen LogP) is 2.99. The topological polar surface area (TPSA) is 90.9 Å². The molecule has 0 atom stereocenters. The van der Waals surface area contributed by atoms with Gasteiger partial charge in [0.25, 0.3) is 5.95 Å². The Bertz CT molecular complexity index is 840. The first kappa shape index (κ1) is 16.5. The maximum absolute atomic E-state index is 6.16. The van der Waals surface area contributed by atoms with Crippen LogP contribution in [0.5, 0.6) is 5.75 Å². The molecule has 0 aliphatic rings. The van der Waals surface area contributed by atoms with Crippen LogP contribution in [0.1, 0.15) is 11.1 Å². The number of nitrogens with zero attached hydrogens (tertiary/aromatic N) is 4. The van der Waals surface area contributed by atoms with Crippen LogP contribution >= 0.6 is 27.5 Å². The average molecular weight is 410 g/mol. The first-order chi connectivity index (χ1) is 11.6. The molecule has 0 aliphatic heterocycles. The van der Waals surface area contributed by atoms with E-state index in [0.29, 0.717) is 18.2 Å². The summed E-state index contributed by atoms with van der Waals surface area (Å²) in [5.74, 6) is 0.917. The number of halogens is 2. The van der Waals surface area contributed by atoms with Gasteiger partial charge in [-0.1, -0.05) is 50.8 Å². The second kappa shape index (κ2) is 7.50. The van der Waals surface area contributed by atoms with Crippen LogP contribution in [0.4, 0.5) is 5.95 Å². The van der Waals surface area contributed by atoms with Crippen molar-refractivity contribution in [3.8, 4) is 5.75 Å². The Kier molecular flexibility index (Phi) is 5.17. The molecule has 1 heterocycles. The van der Waals surface area contributed by atoms with Crippen molar-refractivity contribution in [2.24, 2.45) is 0 Å². The fourth-order valence-electron chi connectivity index (χ4n) is 2.06. The maximum atomic E-state index is 6.16. The minimum atomic E-state index is 0.184. The molecule has 0 unspecified atom stereocenters. The molecular weight excluding hydrogens is 396 g/mol. The van der Waals surface area contributed by atoms with Gasteiger partial charge in [-0.25, -0.2) is 0 Å². The van der Waals surface area contributed by atoms with E-state index in [9.17, 15) is 0 Å². The minimum Gasteiger partial charge on any atom is -0.488 e. The van der Waals surface area contributed by atoms with Crippen LogP contribution in [0.3, 0.4) is 0 Å². The van der Waals surface area contributed by atoms with E-state index in [2.05, 4.69) is 36.9 Å². The summed E-state index contributed by atoms with van der Waals surface area (Å²) in [6, 6.07) is 13.3. The lowest BCUT2D eigenvalue weighted by Crippen LogP contribution is -2.18. The van der Waals surface area contributed by atoms with Crippen LogP contribution in [0.25, 0.3) is 0 Å². The standard InChI is InChI=1S/C15H14BrClN6O/c16-12-5-6-14(24-9-10-3-1-2-4-13(10)17)11(7-12)8-19-23-15(18)20-21-22-23/h1-7,19H,8-9H2,(H2,18,20,22). The van der Waals surface area contributed by atoms with Crippen molar-refractivity contribution in [1.29, 1.82) is 0 Å². The third-order valence-corrected chi connectivity index (χ3v) is 4.14. The van der Waals surface area contributed by atoms with Crippen molar-refractivity contribution in [3.63, 3.8) is 0 Å². The molecule has 0 saturated carbocycles. The highest BCUT2D eigenvalue weighted by molar-refractivity contribution is 9.10. The van der Waals surface area contributed by atoms with Crippen LogP contribution in [0.2, 0.25) is 5.02 Å². The fourth-order valence-corrected chi connectivity index (χ4v) is 2.66. The molecular formula is C15H14BrClN6O. The van der Waals surface area contributed by atoms with Gasteiger partial charge in [0.2, 0.25) is 0 Å². The van der Waals surface area contributed by atoms with Gasteiger partial charge in [-0.15, -0.1) is 4.79 Å². The van der Waals surface area contributed by atoms with Gasteiger partial charge in [0, 0.05) is 20.6 Å². The van der Waals surface area contributed by atoms with Crippen LogP contribution in [-0.4, -0.2) is 20.3 Å². The second-order valence-corrected chi connectivity index (χ2v) is 6.24. The van der Waals surface area contributed by atoms with E-state index in [0.717, 1.165) is 21.3 Å². The molecule has 124 valence electrons. The lowest BCUT2D eigenvalue weighted by Gasteiger charge is -2.14. The quantitative estimate of drug-likeness (QED) is 0.650. The Labute approximate surface area is 151 Å². The average Bonchev–Trinajstić information content (AvgIpc) is 2.98. The predicted molar refractivity (Wildman–Crippen MR) is 95.2 cm³/mol. The Morgan fingerprint density at radius 1 is 1.21 bits per heavy atom. The summed E-state index contributed by atoms with van der Waals surface area (Å²) in [6.07, 6.45) is 0. The molecule has 1 aromatic heterocycles. The monoisotopic (exact) mass is 408 g/mol. The number of anilines is 1. The van der Waals surface area contributed by atoms with Crippen molar-refractivity contribution in [2.45, 2.75) is 13.2 Å². The Morgan fingerprint density at radius 2 is 2.04 bits per heavy atom. The summed E-state index contributed by atoms with van der Waals surface area (Å²) < 4.78 is 6.86. The number of nitrogen functional groups attached to an aromatic ring is 1. The minimum absolute atomic E-state index is 0.184. The fraction of sp³-hybridized carbons (Fsp3) is 0.133. The molecule has 9 heteroatoms. The highest BCUT2D eigenvalue weighted by atomic mass is 79.9. The smallest absolute Gasteiger partial charge is 0.260 e. The van der Waals surface area contributed by atoms with E-state index in [4.69, 9.17) is 22.1 Å². The van der Waals surface area contributed by atoms with Gasteiger partial charge >= 0.3 is 0 Å². The molecule has 3 aromatic rings. The van der Waals surface area contributed by atoms with E-state index < -0.39 is 0 Å². The third-order valence-electron chi connectivity index (χ3n) is 3.28. The number of aromatic nitrogens is 4. The molecule has 0 fully saturated rings. The van der Waals surface area contributed by atoms with Crippen molar-refractivity contribution in [1.82, 2.24) is 20.3 Å². The number of nitrogens with one attached hydrogen (secondary N) is 1. The molecule has 7 nitrogen and oxygen atoms in total. The Morgan fingerprint density at radius 3 is 2.79 bits per heavy atom. The van der Waals surface area contributed by atoms with Gasteiger partial charge in [-0.3, -0.25) is 0 Å². The summed E-state index contributed by atoms with van der Waals surface area (Å²) in [5, 5.41) is 11.5. The summed E-state index contributed by atoms with van der Waals surface area (Å²) in [6.45, 7) is 0.813. The zero-order chi connectivity index (χ0) is 16.9. The summed E-state index contributed by atoms with van der Waals surface area (Å²) >= 11 is 9.62. The zero-order valence-corrected chi connectivity index (χ0v) is 14.8. The van der Waals surface area contributed by atoms with Gasteiger partial charge < -0.3 is 15.9 Å². The van der Waals surface area contributed by atoms with Gasteiger partial charge in [0.05, 0.1) is 6.54 Å². The van der Waals surface area contributed by atoms with Crippen LogP contribution in [0.15, 0.2) is 46.9 Å². The number of hydrogen-bond donors (Lipinski definition) is 2. The second-order valence-electron chi connectivity index (χ2n) is 4.92. The van der Waals surface area contributed by atoms with E-state index >= 15 is 0 Å². The van der Waals surface area contributed by atoms with Gasteiger partial charge in [-0.05, 0) is 34.7 Å². The van der Waals surface area contributed by atoms with E-state index in [-0.39, 0.29) is 5.95 Å². The molecule has 0 aliphatic carbocycles. The van der Waals surface area contributed by atoms with Crippen LogP contribution < -0.4 is 15.9 Å². The van der Waals surface area contributed by atoms with E-state index in [1.807, 2.05) is 42.5 Å². The Hall–Kier alpha value is -2.32. The van der Waals surface area contributed by atoms with Gasteiger partial charge in [0.15, 0.2) is 0 Å². The lowest BCUT2D eigenvalue weighted by atomic mass is 10.2. The highest BCUT2D eigenvalue weighted by Crippen LogP contribution is 2.25. The van der Waals surface area contributed by atoms with Gasteiger partial charge in [-0.2, -0.15) is 0 Å². The summed E-state index contributed by atoms with van der Waals surface area (Å²) in [5.41, 5.74) is 10.5. The number of hydrogen-bond acceptors (Lipinski definition) is 6. The zero-order valence-electron chi connectivity index (χ0n) is 12.5. The lowest BCUT2D eigenvalue weighted by molar-refractivity contribution is 0.303. The maximum Gasteiger partial charge on any atom is 0.260 e. The number of nitrogens with two attached hydrogens (primary N) is 1. The molecule has 0 bridgehead atoms. The molecule has 0 radical (unpaired) electrons. The number of ether oxygens (including phenoxy) is 1. The van der Waals surface area contributed by atoms with Crippen molar-refractivity contribution in [2.75, 3.05) is 11.2 Å². The van der Waals surface area contributed by atoms with Crippen molar-refractivity contribution < 1.29 is 4.74 Å². The van der Waals surface area contributed by atoms with Crippen molar-refractivity contribution in [3.05, 3.63) is 63.1 Å². The van der Waals surface area contributed by atoms with Crippen LogP contribution in [-0.2, 0) is 13.2 Å². The summed E-state index contributed by atoms with van der Waals surface area (Å²) in [4.78, 5) is 1.30. The summed E-state index contributed by atoms with van der Waals surface area (Å²) in [7, 11) is 0. The SMILES string of the molecule is Nc1nnnn1NCc1cc(Br)ccc1OCc1ccccc1Cl. The molecule has 2 aromatic carbocycles. The molecule has 3 rings (SSSR count). The Balaban J connectivity index is 1.73. The van der Waals surface area contributed by atoms with E-state index in [1.54, 1.807) is 0 Å². The van der Waals surface area contributed by atoms with Gasteiger partial charge in [0.1, 0.15) is 12.4 Å². The number of rotatable bonds is 6. The highest BCUT2D eigenvalue weighted by Gasteiger charge is 2.08. The third kappa shape index (κ3) is 3.95. The van der Waals surface area contributed by atoms with Crippen LogP contribution in [0, 0.1) is 0 Å². The molecule has 0 amide bonds. The van der Waals surface area contributed by atoms with E-state index in [1.165, 1.54) is 4.79 Å². The van der Waals surface area contributed by atoms with Crippen molar-refractivity contribution >= 4 is 33.5 Å². The first-order valence-corrected chi connectivity index (χ1v) is 8.23. The largest absolute Gasteiger partial charge is 0.488 e. The number of benzene rings is 2. The molecule has 0 spiro atoms. The molecule has 3 N–H and O–H groups in total. The first-order valence-electron chi connectivity index (χ1n) is 7.06. The molecule has 24 heavy (non-hydrogen) atoms.